The van der Waals surface area contributed by atoms with Gasteiger partial charge < -0.3 is 10.1 Å². The molecule has 1 unspecified atom stereocenters. The summed E-state index contributed by atoms with van der Waals surface area (Å²) in [6.07, 6.45) is 4.80. The second kappa shape index (κ2) is 8.03. The molecule has 1 fully saturated rings. The molecule has 1 N–H and O–H groups in total. The van der Waals surface area contributed by atoms with E-state index in [0.29, 0.717) is 6.04 Å². The average molecular weight is 326 g/mol. The first-order valence-corrected chi connectivity index (χ1v) is 8.16. The summed E-state index contributed by atoms with van der Waals surface area (Å²) in [5.41, 5.74) is 1.39. The third-order valence-corrected chi connectivity index (χ3v) is 4.55. The van der Waals surface area contributed by atoms with Crippen LogP contribution < -0.4 is 5.32 Å². The molecule has 106 valence electrons. The maximum Gasteiger partial charge on any atom is 0.0468 e. The lowest BCUT2D eigenvalue weighted by Gasteiger charge is -2.28. The second-order valence-electron chi connectivity index (χ2n) is 5.32. The van der Waals surface area contributed by atoms with Crippen LogP contribution in [0.1, 0.15) is 44.2 Å². The van der Waals surface area contributed by atoms with Crippen molar-refractivity contribution in [2.24, 2.45) is 5.92 Å². The van der Waals surface area contributed by atoms with Gasteiger partial charge in [0.25, 0.3) is 0 Å². The second-order valence-corrected chi connectivity index (χ2v) is 6.17. The van der Waals surface area contributed by atoms with Crippen molar-refractivity contribution >= 4 is 15.9 Å². The summed E-state index contributed by atoms with van der Waals surface area (Å²) in [7, 11) is 0. The number of benzene rings is 1. The SMILES string of the molecule is CCCNC(CC1CCOCC1)c1ccccc1Br. The van der Waals surface area contributed by atoms with Gasteiger partial charge in [0.1, 0.15) is 0 Å². The first kappa shape index (κ1) is 15.0. The Balaban J connectivity index is 2.04. The highest BCUT2D eigenvalue weighted by molar-refractivity contribution is 9.10. The maximum atomic E-state index is 5.46. The molecular formula is C16H24BrNO. The fraction of sp³-hybridized carbons (Fsp3) is 0.625. The summed E-state index contributed by atoms with van der Waals surface area (Å²) in [6.45, 7) is 5.16. The fourth-order valence-corrected chi connectivity index (χ4v) is 3.27. The minimum atomic E-state index is 0.457. The van der Waals surface area contributed by atoms with E-state index in [4.69, 9.17) is 4.74 Å². The van der Waals surface area contributed by atoms with E-state index >= 15 is 0 Å². The molecule has 0 aliphatic carbocycles. The molecular weight excluding hydrogens is 302 g/mol. The third-order valence-electron chi connectivity index (χ3n) is 3.83. The van der Waals surface area contributed by atoms with Crippen molar-refractivity contribution < 1.29 is 4.74 Å². The molecule has 1 aliphatic heterocycles. The Morgan fingerprint density at radius 1 is 1.32 bits per heavy atom. The van der Waals surface area contributed by atoms with E-state index < -0.39 is 0 Å². The Morgan fingerprint density at radius 2 is 2.05 bits per heavy atom. The van der Waals surface area contributed by atoms with E-state index in [1.165, 1.54) is 35.7 Å². The molecule has 1 aromatic rings. The molecule has 0 saturated carbocycles. The Bertz CT molecular complexity index is 377. The van der Waals surface area contributed by atoms with Crippen LogP contribution >= 0.6 is 15.9 Å². The molecule has 2 rings (SSSR count). The van der Waals surface area contributed by atoms with Gasteiger partial charge in [0.15, 0.2) is 0 Å². The monoisotopic (exact) mass is 325 g/mol. The lowest BCUT2D eigenvalue weighted by Crippen LogP contribution is -2.27. The van der Waals surface area contributed by atoms with Crippen LogP contribution in [0, 0.1) is 5.92 Å². The fourth-order valence-electron chi connectivity index (χ4n) is 2.71. The quantitative estimate of drug-likeness (QED) is 0.841. The van der Waals surface area contributed by atoms with E-state index in [1.807, 2.05) is 0 Å². The zero-order valence-corrected chi connectivity index (χ0v) is 13.3. The molecule has 1 atom stereocenters. The molecule has 0 radical (unpaired) electrons. The van der Waals surface area contributed by atoms with Gasteiger partial charge in [-0.3, -0.25) is 0 Å². The van der Waals surface area contributed by atoms with Crippen LogP contribution in [0.5, 0.6) is 0 Å². The van der Waals surface area contributed by atoms with Crippen LogP contribution in [0.25, 0.3) is 0 Å². The molecule has 2 nitrogen and oxygen atoms in total. The minimum absolute atomic E-state index is 0.457. The number of rotatable bonds is 6. The molecule has 1 heterocycles. The van der Waals surface area contributed by atoms with Gasteiger partial charge in [0, 0.05) is 23.7 Å². The predicted molar refractivity (Wildman–Crippen MR) is 83.3 cm³/mol. The van der Waals surface area contributed by atoms with E-state index in [0.717, 1.165) is 25.7 Å². The highest BCUT2D eigenvalue weighted by Crippen LogP contribution is 2.31. The topological polar surface area (TPSA) is 21.3 Å². The molecule has 3 heteroatoms. The van der Waals surface area contributed by atoms with Crippen LogP contribution in [0.15, 0.2) is 28.7 Å². The van der Waals surface area contributed by atoms with E-state index in [9.17, 15) is 0 Å². The van der Waals surface area contributed by atoms with Crippen LogP contribution in [-0.4, -0.2) is 19.8 Å². The van der Waals surface area contributed by atoms with Gasteiger partial charge in [-0.2, -0.15) is 0 Å². The van der Waals surface area contributed by atoms with Crippen LogP contribution in [0.2, 0.25) is 0 Å². The van der Waals surface area contributed by atoms with Gasteiger partial charge in [-0.05, 0) is 49.8 Å². The Hall–Kier alpha value is -0.380. The van der Waals surface area contributed by atoms with E-state index in [1.54, 1.807) is 0 Å². The van der Waals surface area contributed by atoms with Gasteiger partial charge in [-0.15, -0.1) is 0 Å². The minimum Gasteiger partial charge on any atom is -0.381 e. The largest absolute Gasteiger partial charge is 0.381 e. The van der Waals surface area contributed by atoms with Crippen molar-refractivity contribution in [3.8, 4) is 0 Å². The maximum absolute atomic E-state index is 5.46. The zero-order valence-electron chi connectivity index (χ0n) is 11.7. The van der Waals surface area contributed by atoms with Crippen molar-refractivity contribution in [2.75, 3.05) is 19.8 Å². The van der Waals surface area contributed by atoms with E-state index in [-0.39, 0.29) is 0 Å². The number of halogens is 1. The Labute approximate surface area is 125 Å². The van der Waals surface area contributed by atoms with Gasteiger partial charge in [0.05, 0.1) is 0 Å². The molecule has 1 saturated heterocycles. The molecule has 0 bridgehead atoms. The number of nitrogens with one attached hydrogen (secondary N) is 1. The van der Waals surface area contributed by atoms with Crippen molar-refractivity contribution in [2.45, 2.75) is 38.6 Å². The molecule has 0 amide bonds. The normalized spacial score (nSPS) is 18.4. The number of hydrogen-bond donors (Lipinski definition) is 1. The summed E-state index contributed by atoms with van der Waals surface area (Å²) in [4.78, 5) is 0. The summed E-state index contributed by atoms with van der Waals surface area (Å²) < 4.78 is 6.68. The molecule has 19 heavy (non-hydrogen) atoms. The highest BCUT2D eigenvalue weighted by atomic mass is 79.9. The molecule has 0 spiro atoms. The lowest BCUT2D eigenvalue weighted by molar-refractivity contribution is 0.0605. The summed E-state index contributed by atoms with van der Waals surface area (Å²) in [6, 6.07) is 9.04. The Kier molecular flexibility index (Phi) is 6.35. The van der Waals surface area contributed by atoms with Crippen molar-refractivity contribution in [3.05, 3.63) is 34.3 Å². The Morgan fingerprint density at radius 3 is 2.74 bits per heavy atom. The third kappa shape index (κ3) is 4.59. The van der Waals surface area contributed by atoms with Crippen LogP contribution in [-0.2, 0) is 4.74 Å². The van der Waals surface area contributed by atoms with Crippen molar-refractivity contribution in [1.29, 1.82) is 0 Å². The van der Waals surface area contributed by atoms with Gasteiger partial charge >= 0.3 is 0 Å². The van der Waals surface area contributed by atoms with Crippen LogP contribution in [0.4, 0.5) is 0 Å². The predicted octanol–water partition coefficient (Wildman–Crippen LogP) is 4.31. The van der Waals surface area contributed by atoms with Crippen molar-refractivity contribution in [3.63, 3.8) is 0 Å². The summed E-state index contributed by atoms with van der Waals surface area (Å²) >= 11 is 3.69. The van der Waals surface area contributed by atoms with E-state index in [2.05, 4.69) is 52.4 Å². The summed E-state index contributed by atoms with van der Waals surface area (Å²) in [5.74, 6) is 0.787. The number of hydrogen-bond acceptors (Lipinski definition) is 2. The first-order valence-electron chi connectivity index (χ1n) is 7.36. The highest BCUT2D eigenvalue weighted by Gasteiger charge is 2.21. The summed E-state index contributed by atoms with van der Waals surface area (Å²) in [5, 5.41) is 3.70. The zero-order chi connectivity index (χ0) is 13.5. The van der Waals surface area contributed by atoms with Gasteiger partial charge in [0.2, 0.25) is 0 Å². The van der Waals surface area contributed by atoms with Crippen LogP contribution in [0.3, 0.4) is 0 Å². The molecule has 1 aliphatic rings. The average Bonchev–Trinajstić information content (AvgIpc) is 2.45. The van der Waals surface area contributed by atoms with Crippen molar-refractivity contribution in [1.82, 2.24) is 5.32 Å². The lowest BCUT2D eigenvalue weighted by atomic mass is 9.89. The smallest absolute Gasteiger partial charge is 0.0468 e. The van der Waals surface area contributed by atoms with Gasteiger partial charge in [-0.25, -0.2) is 0 Å². The standard InChI is InChI=1S/C16H24BrNO/c1-2-9-18-16(12-13-7-10-19-11-8-13)14-5-3-4-6-15(14)17/h3-6,13,16,18H,2,7-12H2,1H3. The molecule has 1 aromatic carbocycles. The molecule has 0 aromatic heterocycles. The first-order chi connectivity index (χ1) is 9.31. The van der Waals surface area contributed by atoms with Gasteiger partial charge in [-0.1, -0.05) is 41.1 Å². The number of ether oxygens (including phenoxy) is 1.